The second-order valence-electron chi connectivity index (χ2n) is 6.50. The summed E-state index contributed by atoms with van der Waals surface area (Å²) in [6, 6.07) is 16.3. The molecule has 5 nitrogen and oxygen atoms in total. The molecule has 136 valence electrons. The van der Waals surface area contributed by atoms with E-state index in [0.717, 1.165) is 23.4 Å². The Hall–Kier alpha value is -2.99. The first-order valence-corrected chi connectivity index (χ1v) is 9.82. The highest BCUT2D eigenvalue weighted by molar-refractivity contribution is 7.13. The lowest BCUT2D eigenvalue weighted by Gasteiger charge is -2.13. The minimum absolute atomic E-state index is 0.0631. The number of aryl methyl sites for hydroxylation is 1. The Morgan fingerprint density at radius 3 is 2.81 bits per heavy atom. The number of nitrogens with one attached hydrogen (secondary N) is 1. The predicted molar refractivity (Wildman–Crippen MR) is 108 cm³/mol. The van der Waals surface area contributed by atoms with Gasteiger partial charge in [-0.3, -0.25) is 4.79 Å². The minimum atomic E-state index is -0.138. The van der Waals surface area contributed by atoms with Crippen molar-refractivity contribution in [2.75, 3.05) is 0 Å². The molecule has 3 heterocycles. The van der Waals surface area contributed by atoms with Crippen LogP contribution in [0.1, 0.15) is 29.3 Å². The molecule has 0 spiro atoms. The second-order valence-corrected chi connectivity index (χ2v) is 7.45. The fourth-order valence-electron chi connectivity index (χ4n) is 3.06. The molecular weight excluding hydrogens is 356 g/mol. The molecule has 1 aromatic carbocycles. The Bertz CT molecular complexity index is 1040. The number of carbonyl (C=O) groups excluding carboxylic acids is 1. The molecule has 6 heteroatoms. The number of rotatable bonds is 6. The van der Waals surface area contributed by atoms with Gasteiger partial charge in [-0.05, 0) is 42.8 Å². The standard InChI is InChI=1S/C21H20N4OS/c1-15(9-10-16-6-3-2-4-7-16)24-21(26)17-14-23-25-18(11-12-22-20(17)25)19-8-5-13-27-19/h2-8,11-15H,9-10H2,1H3,(H,24,26)/t15-/m0/s1. The zero-order chi connectivity index (χ0) is 18.6. The van der Waals surface area contributed by atoms with Crippen molar-refractivity contribution in [3.8, 4) is 10.6 Å². The average molecular weight is 376 g/mol. The van der Waals surface area contributed by atoms with Crippen LogP contribution in [0.15, 0.2) is 66.3 Å². The van der Waals surface area contributed by atoms with E-state index < -0.39 is 0 Å². The quantitative estimate of drug-likeness (QED) is 0.548. The lowest BCUT2D eigenvalue weighted by atomic mass is 10.1. The molecule has 0 aliphatic rings. The smallest absolute Gasteiger partial charge is 0.256 e. The molecule has 1 amide bonds. The summed E-state index contributed by atoms with van der Waals surface area (Å²) in [5, 5.41) is 9.49. The maximum atomic E-state index is 12.7. The third-order valence-corrected chi connectivity index (χ3v) is 5.40. The highest BCUT2D eigenvalue weighted by atomic mass is 32.1. The van der Waals surface area contributed by atoms with Gasteiger partial charge >= 0.3 is 0 Å². The lowest BCUT2D eigenvalue weighted by Crippen LogP contribution is -2.32. The van der Waals surface area contributed by atoms with E-state index in [9.17, 15) is 4.79 Å². The van der Waals surface area contributed by atoms with Crippen LogP contribution in [-0.2, 0) is 6.42 Å². The number of carbonyl (C=O) groups is 1. The number of amides is 1. The van der Waals surface area contributed by atoms with Gasteiger partial charge in [0.05, 0.1) is 16.8 Å². The fourth-order valence-corrected chi connectivity index (χ4v) is 3.80. The van der Waals surface area contributed by atoms with Crippen LogP contribution >= 0.6 is 11.3 Å². The number of benzene rings is 1. The van der Waals surface area contributed by atoms with E-state index in [4.69, 9.17) is 0 Å². The van der Waals surface area contributed by atoms with Crippen molar-refractivity contribution < 1.29 is 4.79 Å². The third kappa shape index (κ3) is 3.75. The number of hydrogen-bond acceptors (Lipinski definition) is 4. The zero-order valence-corrected chi connectivity index (χ0v) is 15.8. The van der Waals surface area contributed by atoms with Crippen molar-refractivity contribution in [1.29, 1.82) is 0 Å². The van der Waals surface area contributed by atoms with Gasteiger partial charge in [-0.25, -0.2) is 9.50 Å². The second kappa shape index (κ2) is 7.72. The van der Waals surface area contributed by atoms with Crippen LogP contribution in [-0.4, -0.2) is 26.5 Å². The minimum Gasteiger partial charge on any atom is -0.349 e. The van der Waals surface area contributed by atoms with E-state index in [-0.39, 0.29) is 11.9 Å². The monoisotopic (exact) mass is 376 g/mol. The molecule has 0 saturated heterocycles. The van der Waals surface area contributed by atoms with Gasteiger partial charge in [-0.1, -0.05) is 36.4 Å². The summed E-state index contributed by atoms with van der Waals surface area (Å²) in [6.07, 6.45) is 5.13. The molecular formula is C21H20N4OS. The van der Waals surface area contributed by atoms with Crippen molar-refractivity contribution in [2.24, 2.45) is 0 Å². The Morgan fingerprint density at radius 1 is 1.19 bits per heavy atom. The van der Waals surface area contributed by atoms with Crippen LogP contribution in [0.2, 0.25) is 0 Å². The maximum absolute atomic E-state index is 12.7. The molecule has 0 bridgehead atoms. The van der Waals surface area contributed by atoms with Gasteiger partial charge in [0, 0.05) is 12.2 Å². The van der Waals surface area contributed by atoms with E-state index in [1.165, 1.54) is 5.56 Å². The molecule has 0 unspecified atom stereocenters. The van der Waals surface area contributed by atoms with Crippen LogP contribution in [0.4, 0.5) is 0 Å². The number of nitrogens with zero attached hydrogens (tertiary/aromatic N) is 3. The summed E-state index contributed by atoms with van der Waals surface area (Å²) in [7, 11) is 0. The van der Waals surface area contributed by atoms with E-state index in [2.05, 4.69) is 27.5 Å². The first-order chi connectivity index (χ1) is 13.2. The molecule has 27 heavy (non-hydrogen) atoms. The SMILES string of the molecule is C[C@@H](CCc1ccccc1)NC(=O)c1cnn2c(-c3cccs3)ccnc12. The maximum Gasteiger partial charge on any atom is 0.256 e. The van der Waals surface area contributed by atoms with Gasteiger partial charge in [0.25, 0.3) is 5.91 Å². The summed E-state index contributed by atoms with van der Waals surface area (Å²) >= 11 is 1.63. The van der Waals surface area contributed by atoms with E-state index >= 15 is 0 Å². The van der Waals surface area contributed by atoms with Crippen LogP contribution < -0.4 is 5.32 Å². The Morgan fingerprint density at radius 2 is 2.04 bits per heavy atom. The van der Waals surface area contributed by atoms with Gasteiger partial charge in [-0.2, -0.15) is 5.10 Å². The normalized spacial score (nSPS) is 12.2. The van der Waals surface area contributed by atoms with Crippen LogP contribution in [0, 0.1) is 0 Å². The Balaban J connectivity index is 1.49. The number of aromatic nitrogens is 3. The summed E-state index contributed by atoms with van der Waals surface area (Å²) in [5.41, 5.74) is 3.29. The first kappa shape index (κ1) is 17.4. The van der Waals surface area contributed by atoms with Gasteiger partial charge in [0.2, 0.25) is 0 Å². The van der Waals surface area contributed by atoms with E-state index in [1.807, 2.05) is 48.7 Å². The number of thiophene rings is 1. The molecule has 3 aromatic heterocycles. The largest absolute Gasteiger partial charge is 0.349 e. The fraction of sp³-hybridized carbons (Fsp3) is 0.190. The van der Waals surface area contributed by atoms with Gasteiger partial charge in [-0.15, -0.1) is 11.3 Å². The predicted octanol–water partition coefficient (Wildman–Crippen LogP) is 4.21. The number of fused-ring (bicyclic) bond motifs is 1. The molecule has 0 aliphatic carbocycles. The van der Waals surface area contributed by atoms with E-state index in [0.29, 0.717) is 11.2 Å². The molecule has 0 aliphatic heterocycles. The van der Waals surface area contributed by atoms with Crippen molar-refractivity contribution in [3.05, 3.63) is 77.4 Å². The summed E-state index contributed by atoms with van der Waals surface area (Å²) in [6.45, 7) is 2.02. The zero-order valence-electron chi connectivity index (χ0n) is 15.0. The van der Waals surface area contributed by atoms with Crippen LogP contribution in [0.5, 0.6) is 0 Å². The highest BCUT2D eigenvalue weighted by Gasteiger charge is 2.18. The van der Waals surface area contributed by atoms with E-state index in [1.54, 1.807) is 28.2 Å². The van der Waals surface area contributed by atoms with Gasteiger partial charge < -0.3 is 5.32 Å². The van der Waals surface area contributed by atoms with Crippen LogP contribution in [0.25, 0.3) is 16.2 Å². The Kier molecular flexibility index (Phi) is 4.98. The highest BCUT2D eigenvalue weighted by Crippen LogP contribution is 2.25. The summed E-state index contributed by atoms with van der Waals surface area (Å²) in [5.74, 6) is -0.138. The van der Waals surface area contributed by atoms with Gasteiger partial charge in [0.1, 0.15) is 5.56 Å². The molecule has 1 atom stereocenters. The topological polar surface area (TPSA) is 59.3 Å². The average Bonchev–Trinajstić information content (AvgIpc) is 3.37. The van der Waals surface area contributed by atoms with Crippen molar-refractivity contribution in [2.45, 2.75) is 25.8 Å². The number of hydrogen-bond donors (Lipinski definition) is 1. The summed E-state index contributed by atoms with van der Waals surface area (Å²) < 4.78 is 1.73. The molecule has 4 rings (SSSR count). The van der Waals surface area contributed by atoms with Crippen molar-refractivity contribution >= 4 is 22.9 Å². The van der Waals surface area contributed by atoms with Gasteiger partial charge in [0.15, 0.2) is 5.65 Å². The lowest BCUT2D eigenvalue weighted by molar-refractivity contribution is 0.0940. The first-order valence-electron chi connectivity index (χ1n) is 8.94. The van der Waals surface area contributed by atoms with Crippen molar-refractivity contribution in [3.63, 3.8) is 0 Å². The van der Waals surface area contributed by atoms with Crippen LogP contribution in [0.3, 0.4) is 0 Å². The van der Waals surface area contributed by atoms with Crippen molar-refractivity contribution in [1.82, 2.24) is 19.9 Å². The third-order valence-electron chi connectivity index (χ3n) is 4.51. The molecule has 0 saturated carbocycles. The molecule has 0 radical (unpaired) electrons. The molecule has 1 N–H and O–H groups in total. The molecule has 0 fully saturated rings. The Labute approximate surface area is 161 Å². The molecule has 4 aromatic rings. The summed E-state index contributed by atoms with van der Waals surface area (Å²) in [4.78, 5) is 18.2.